The van der Waals surface area contributed by atoms with Crippen molar-refractivity contribution in [3.05, 3.63) is 34.4 Å². The topological polar surface area (TPSA) is 57.9 Å². The SMILES string of the molecule is Cc1cc(C=O)c(C(=O)CBr)cc1C#N. The molecule has 1 aromatic carbocycles. The summed E-state index contributed by atoms with van der Waals surface area (Å²) in [6.07, 6.45) is 0.629. The van der Waals surface area contributed by atoms with Crippen LogP contribution in [0.4, 0.5) is 0 Å². The van der Waals surface area contributed by atoms with Gasteiger partial charge < -0.3 is 0 Å². The van der Waals surface area contributed by atoms with E-state index in [1.54, 1.807) is 13.0 Å². The lowest BCUT2D eigenvalue weighted by Gasteiger charge is -2.04. The zero-order valence-electron chi connectivity index (χ0n) is 8.08. The fourth-order valence-electron chi connectivity index (χ4n) is 1.26. The first kappa shape index (κ1) is 11.6. The maximum Gasteiger partial charge on any atom is 0.174 e. The number of carbonyl (C=O) groups excluding carboxylic acids is 2. The standard InChI is InChI=1S/C11H8BrNO2/c1-7-2-9(6-14)10(11(15)4-12)3-8(7)5-13/h2-3,6H,4H2,1H3. The number of aryl methyl sites for hydroxylation is 1. The Morgan fingerprint density at radius 3 is 2.73 bits per heavy atom. The minimum absolute atomic E-state index is 0.141. The van der Waals surface area contributed by atoms with Crippen LogP contribution < -0.4 is 0 Å². The summed E-state index contributed by atoms with van der Waals surface area (Å²) in [6, 6.07) is 5.00. The number of nitriles is 1. The third kappa shape index (κ3) is 2.31. The van der Waals surface area contributed by atoms with E-state index in [0.717, 1.165) is 0 Å². The van der Waals surface area contributed by atoms with Gasteiger partial charge in [-0.3, -0.25) is 9.59 Å². The number of alkyl halides is 1. The molecule has 0 saturated heterocycles. The molecule has 0 aliphatic rings. The molecule has 1 rings (SSSR count). The summed E-state index contributed by atoms with van der Waals surface area (Å²) < 4.78 is 0. The number of halogens is 1. The van der Waals surface area contributed by atoms with Crippen LogP contribution in [0.1, 0.15) is 31.8 Å². The van der Waals surface area contributed by atoms with E-state index in [1.165, 1.54) is 6.07 Å². The highest BCUT2D eigenvalue weighted by atomic mass is 79.9. The molecular formula is C11H8BrNO2. The van der Waals surface area contributed by atoms with Crippen LogP contribution in [0.2, 0.25) is 0 Å². The molecule has 0 aliphatic carbocycles. The predicted molar refractivity (Wildman–Crippen MR) is 59.4 cm³/mol. The number of rotatable bonds is 3. The third-order valence-corrected chi connectivity index (χ3v) is 2.58. The summed E-state index contributed by atoms with van der Waals surface area (Å²) in [4.78, 5) is 22.2. The monoisotopic (exact) mass is 265 g/mol. The molecule has 0 aromatic heterocycles. The maximum atomic E-state index is 11.5. The Morgan fingerprint density at radius 2 is 2.27 bits per heavy atom. The minimum atomic E-state index is -0.200. The molecule has 0 fully saturated rings. The number of nitrogens with zero attached hydrogens (tertiary/aromatic N) is 1. The van der Waals surface area contributed by atoms with Crippen molar-refractivity contribution in [1.29, 1.82) is 5.26 Å². The van der Waals surface area contributed by atoms with Crippen LogP contribution in [0, 0.1) is 18.3 Å². The molecular weight excluding hydrogens is 258 g/mol. The second kappa shape index (κ2) is 4.85. The smallest absolute Gasteiger partial charge is 0.174 e. The van der Waals surface area contributed by atoms with E-state index < -0.39 is 0 Å². The molecule has 0 N–H and O–H groups in total. The number of hydrogen-bond donors (Lipinski definition) is 0. The van der Waals surface area contributed by atoms with Gasteiger partial charge in [0.1, 0.15) is 0 Å². The van der Waals surface area contributed by atoms with Crippen LogP contribution in [-0.4, -0.2) is 17.4 Å². The number of carbonyl (C=O) groups is 2. The van der Waals surface area contributed by atoms with Crippen molar-refractivity contribution in [2.24, 2.45) is 0 Å². The van der Waals surface area contributed by atoms with Crippen LogP contribution in [0.25, 0.3) is 0 Å². The number of ketones is 1. The number of hydrogen-bond acceptors (Lipinski definition) is 3. The van der Waals surface area contributed by atoms with E-state index in [4.69, 9.17) is 5.26 Å². The Morgan fingerprint density at radius 1 is 1.60 bits per heavy atom. The lowest BCUT2D eigenvalue weighted by atomic mass is 9.98. The average Bonchev–Trinajstić information content (AvgIpc) is 2.27. The Hall–Kier alpha value is -1.47. The highest BCUT2D eigenvalue weighted by molar-refractivity contribution is 9.09. The molecule has 15 heavy (non-hydrogen) atoms. The third-order valence-electron chi connectivity index (χ3n) is 2.07. The maximum absolute atomic E-state index is 11.5. The van der Waals surface area contributed by atoms with Gasteiger partial charge in [0, 0.05) is 11.1 Å². The molecule has 1 aromatic rings. The molecule has 4 heteroatoms. The first-order valence-electron chi connectivity index (χ1n) is 4.23. The first-order chi connectivity index (χ1) is 7.13. The largest absolute Gasteiger partial charge is 0.298 e. The number of benzene rings is 1. The second-order valence-electron chi connectivity index (χ2n) is 3.04. The Kier molecular flexibility index (Phi) is 3.75. The summed E-state index contributed by atoms with van der Waals surface area (Å²) in [6.45, 7) is 1.73. The normalized spacial score (nSPS) is 9.40. The van der Waals surface area contributed by atoms with E-state index in [9.17, 15) is 9.59 Å². The molecule has 0 unspecified atom stereocenters. The van der Waals surface area contributed by atoms with Gasteiger partial charge in [-0.15, -0.1) is 0 Å². The van der Waals surface area contributed by atoms with E-state index in [1.807, 2.05) is 6.07 Å². The van der Waals surface area contributed by atoms with Crippen molar-refractivity contribution in [2.45, 2.75) is 6.92 Å². The van der Waals surface area contributed by atoms with Crippen LogP contribution in [0.5, 0.6) is 0 Å². The molecule has 0 bridgehead atoms. The highest BCUT2D eigenvalue weighted by Gasteiger charge is 2.12. The van der Waals surface area contributed by atoms with Gasteiger partial charge in [0.2, 0.25) is 0 Å². The number of Topliss-reactive ketones (excluding diaryl/α,β-unsaturated/α-hetero) is 1. The zero-order chi connectivity index (χ0) is 11.4. The van der Waals surface area contributed by atoms with Gasteiger partial charge in [0.15, 0.2) is 12.1 Å². The van der Waals surface area contributed by atoms with Gasteiger partial charge in [-0.1, -0.05) is 15.9 Å². The second-order valence-corrected chi connectivity index (χ2v) is 3.60. The van der Waals surface area contributed by atoms with Crippen molar-refractivity contribution in [3.63, 3.8) is 0 Å². The molecule has 76 valence electrons. The fourth-order valence-corrected chi connectivity index (χ4v) is 1.56. The quantitative estimate of drug-likeness (QED) is 0.479. The Bertz CT molecular complexity index is 460. The van der Waals surface area contributed by atoms with E-state index in [-0.39, 0.29) is 11.1 Å². The van der Waals surface area contributed by atoms with Crippen LogP contribution in [-0.2, 0) is 0 Å². The van der Waals surface area contributed by atoms with E-state index in [0.29, 0.717) is 28.5 Å². The van der Waals surface area contributed by atoms with Gasteiger partial charge in [0.05, 0.1) is 17.0 Å². The Balaban J connectivity index is 3.43. The number of aldehydes is 1. The summed E-state index contributed by atoms with van der Waals surface area (Å²) >= 11 is 3.03. The van der Waals surface area contributed by atoms with Crippen LogP contribution >= 0.6 is 15.9 Å². The fraction of sp³-hybridized carbons (Fsp3) is 0.182. The molecule has 0 atom stereocenters. The highest BCUT2D eigenvalue weighted by Crippen LogP contribution is 2.16. The van der Waals surface area contributed by atoms with Crippen LogP contribution in [0.3, 0.4) is 0 Å². The van der Waals surface area contributed by atoms with Crippen molar-refractivity contribution in [3.8, 4) is 6.07 Å². The summed E-state index contributed by atoms with van der Waals surface area (Å²) in [5, 5.41) is 8.94. The van der Waals surface area contributed by atoms with Gasteiger partial charge in [-0.25, -0.2) is 0 Å². The Labute approximate surface area is 95.8 Å². The van der Waals surface area contributed by atoms with Crippen molar-refractivity contribution in [1.82, 2.24) is 0 Å². The van der Waals surface area contributed by atoms with Gasteiger partial charge >= 0.3 is 0 Å². The lowest BCUT2D eigenvalue weighted by molar-refractivity contribution is 0.101. The molecule has 0 amide bonds. The molecule has 0 spiro atoms. The molecule has 0 aliphatic heterocycles. The molecule has 0 saturated carbocycles. The minimum Gasteiger partial charge on any atom is -0.298 e. The summed E-state index contributed by atoms with van der Waals surface area (Å²) in [5.74, 6) is -0.200. The molecule has 0 radical (unpaired) electrons. The van der Waals surface area contributed by atoms with Gasteiger partial charge in [0.25, 0.3) is 0 Å². The van der Waals surface area contributed by atoms with Crippen molar-refractivity contribution in [2.75, 3.05) is 5.33 Å². The van der Waals surface area contributed by atoms with Crippen LogP contribution in [0.15, 0.2) is 12.1 Å². The summed E-state index contributed by atoms with van der Waals surface area (Å²) in [7, 11) is 0. The predicted octanol–water partition coefficient (Wildman–Crippen LogP) is 2.26. The van der Waals surface area contributed by atoms with Crippen molar-refractivity contribution >= 4 is 28.0 Å². The lowest BCUT2D eigenvalue weighted by Crippen LogP contribution is -2.06. The van der Waals surface area contributed by atoms with E-state index in [2.05, 4.69) is 15.9 Å². The van der Waals surface area contributed by atoms with E-state index >= 15 is 0 Å². The zero-order valence-corrected chi connectivity index (χ0v) is 9.67. The average molecular weight is 266 g/mol. The van der Waals surface area contributed by atoms with Crippen molar-refractivity contribution < 1.29 is 9.59 Å². The molecule has 0 heterocycles. The summed E-state index contributed by atoms with van der Waals surface area (Å²) in [5.41, 5.74) is 1.75. The van der Waals surface area contributed by atoms with Gasteiger partial charge in [-0.05, 0) is 24.6 Å². The first-order valence-corrected chi connectivity index (χ1v) is 5.35. The molecule has 3 nitrogen and oxygen atoms in total. The van der Waals surface area contributed by atoms with Gasteiger partial charge in [-0.2, -0.15) is 5.26 Å².